The predicted octanol–water partition coefficient (Wildman–Crippen LogP) is 3.62. The number of ether oxygens (including phenoxy) is 1. The van der Waals surface area contributed by atoms with Gasteiger partial charge in [-0.15, -0.1) is 0 Å². The first-order valence-corrected chi connectivity index (χ1v) is 14.7. The molecule has 1 aliphatic rings. The third-order valence-electron chi connectivity index (χ3n) is 5.88. The van der Waals surface area contributed by atoms with Crippen LogP contribution in [0, 0.1) is 0 Å². The normalized spacial score (nSPS) is 14.0. The van der Waals surface area contributed by atoms with Crippen LogP contribution in [0.2, 0.25) is 5.02 Å². The van der Waals surface area contributed by atoms with E-state index in [9.17, 15) is 4.57 Å². The maximum Gasteiger partial charge on any atom is 0.239 e. The highest BCUT2D eigenvalue weighted by Crippen LogP contribution is 2.41. The molecule has 5 rings (SSSR count). The largest absolute Gasteiger partial charge is 0.479 e. The van der Waals surface area contributed by atoms with Crippen molar-refractivity contribution >= 4 is 64.0 Å². The number of piperazine rings is 1. The van der Waals surface area contributed by atoms with Gasteiger partial charge in [-0.05, 0) is 37.6 Å². The summed E-state index contributed by atoms with van der Waals surface area (Å²) < 4.78 is 18.8. The monoisotopic (exact) mass is 539 g/mol. The summed E-state index contributed by atoms with van der Waals surface area (Å²) >= 11 is 6.44. The second-order valence-corrected chi connectivity index (χ2v) is 12.4. The van der Waals surface area contributed by atoms with E-state index in [0.717, 1.165) is 32.0 Å². The van der Waals surface area contributed by atoms with Gasteiger partial charge in [-0.2, -0.15) is 9.97 Å². The zero-order valence-electron chi connectivity index (χ0n) is 20.7. The third-order valence-corrected chi connectivity index (χ3v) is 7.68. The molecule has 192 valence electrons. The number of aromatic nitrogens is 5. The second-order valence-electron chi connectivity index (χ2n) is 8.84. The van der Waals surface area contributed by atoms with Gasteiger partial charge in [-0.3, -0.25) is 9.97 Å². The van der Waals surface area contributed by atoms with Crippen LogP contribution in [0.1, 0.15) is 0 Å². The molecule has 1 saturated heterocycles. The molecule has 37 heavy (non-hydrogen) atoms. The molecule has 0 unspecified atom stereocenters. The molecule has 3 N–H and O–H groups in total. The van der Waals surface area contributed by atoms with E-state index >= 15 is 0 Å². The van der Waals surface area contributed by atoms with Gasteiger partial charge in [0.15, 0.2) is 5.82 Å². The van der Waals surface area contributed by atoms with Crippen LogP contribution in [0.3, 0.4) is 0 Å². The molecule has 0 aliphatic carbocycles. The Morgan fingerprint density at radius 2 is 1.76 bits per heavy atom. The third kappa shape index (κ3) is 5.44. The number of methoxy groups -OCH3 is 1. The van der Waals surface area contributed by atoms with E-state index in [0.29, 0.717) is 50.4 Å². The van der Waals surface area contributed by atoms with Gasteiger partial charge in [0.25, 0.3) is 0 Å². The summed E-state index contributed by atoms with van der Waals surface area (Å²) in [7, 11) is -1.18. The van der Waals surface area contributed by atoms with Crippen molar-refractivity contribution in [1.29, 1.82) is 0 Å². The summed E-state index contributed by atoms with van der Waals surface area (Å²) in [5.41, 5.74) is 2.44. The Labute approximate surface area is 219 Å². The summed E-state index contributed by atoms with van der Waals surface area (Å²) in [6.07, 6.45) is 4.68. The Bertz CT molecular complexity index is 1490. The maximum atomic E-state index is 13.2. The molecule has 0 bridgehead atoms. The summed E-state index contributed by atoms with van der Waals surface area (Å²) in [6.45, 7) is 6.97. The molecule has 0 saturated carbocycles. The van der Waals surface area contributed by atoms with E-state index in [4.69, 9.17) is 16.3 Å². The summed E-state index contributed by atoms with van der Waals surface area (Å²) in [5.74, 6) is 1.91. The van der Waals surface area contributed by atoms with Crippen molar-refractivity contribution in [2.24, 2.45) is 0 Å². The Hall–Kier alpha value is -3.53. The van der Waals surface area contributed by atoms with Gasteiger partial charge in [0.05, 0.1) is 29.8 Å². The van der Waals surface area contributed by atoms with Crippen LogP contribution in [-0.2, 0) is 4.57 Å². The molecule has 0 spiro atoms. The number of rotatable bonds is 7. The Morgan fingerprint density at radius 1 is 1.00 bits per heavy atom. The SMILES string of the molecule is COc1nc(N2CCNCC2)ccc1Nc1ncc(Cl)c(Nc2ccc3nccnc3c2P(C)(C)=O)n1. The minimum absolute atomic E-state index is 0.292. The van der Waals surface area contributed by atoms with Crippen molar-refractivity contribution in [2.45, 2.75) is 0 Å². The number of nitrogens with zero attached hydrogens (tertiary/aromatic N) is 6. The molecule has 3 aromatic heterocycles. The molecular weight excluding hydrogens is 513 g/mol. The van der Waals surface area contributed by atoms with Gasteiger partial charge in [-0.25, -0.2) is 4.98 Å². The van der Waals surface area contributed by atoms with E-state index in [-0.39, 0.29) is 0 Å². The first kappa shape index (κ1) is 25.1. The van der Waals surface area contributed by atoms with Crippen molar-refractivity contribution in [2.75, 3.05) is 62.2 Å². The van der Waals surface area contributed by atoms with Gasteiger partial charge in [0.1, 0.15) is 29.2 Å². The molecule has 4 aromatic rings. The van der Waals surface area contributed by atoms with Crippen molar-refractivity contribution in [3.63, 3.8) is 0 Å². The fourth-order valence-corrected chi connectivity index (χ4v) is 5.71. The number of nitrogens with one attached hydrogen (secondary N) is 3. The van der Waals surface area contributed by atoms with Crippen LogP contribution in [0.4, 0.5) is 29.0 Å². The first-order valence-electron chi connectivity index (χ1n) is 11.7. The van der Waals surface area contributed by atoms with Crippen molar-refractivity contribution < 1.29 is 9.30 Å². The second kappa shape index (κ2) is 10.5. The van der Waals surface area contributed by atoms with Gasteiger partial charge >= 0.3 is 0 Å². The lowest BCUT2D eigenvalue weighted by atomic mass is 10.2. The van der Waals surface area contributed by atoms with E-state index in [2.05, 4.69) is 45.8 Å². The molecule has 1 aromatic carbocycles. The summed E-state index contributed by atoms with van der Waals surface area (Å²) in [6, 6.07) is 7.44. The summed E-state index contributed by atoms with van der Waals surface area (Å²) in [5, 5.41) is 10.6. The lowest BCUT2D eigenvalue weighted by Gasteiger charge is -2.28. The lowest BCUT2D eigenvalue weighted by Crippen LogP contribution is -2.43. The summed E-state index contributed by atoms with van der Waals surface area (Å²) in [4.78, 5) is 24.5. The zero-order valence-corrected chi connectivity index (χ0v) is 22.3. The van der Waals surface area contributed by atoms with Crippen molar-refractivity contribution in [3.05, 3.63) is 47.9 Å². The van der Waals surface area contributed by atoms with Crippen LogP contribution >= 0.6 is 18.7 Å². The average Bonchev–Trinajstić information content (AvgIpc) is 2.90. The first-order chi connectivity index (χ1) is 17.8. The highest BCUT2D eigenvalue weighted by molar-refractivity contribution is 7.71. The van der Waals surface area contributed by atoms with Crippen molar-refractivity contribution in [1.82, 2.24) is 30.2 Å². The minimum atomic E-state index is -2.75. The Kier molecular flexibility index (Phi) is 7.10. The number of fused-ring (bicyclic) bond motifs is 1. The zero-order chi connectivity index (χ0) is 26.0. The minimum Gasteiger partial charge on any atom is -0.479 e. The van der Waals surface area contributed by atoms with Crippen molar-refractivity contribution in [3.8, 4) is 5.88 Å². The topological polar surface area (TPSA) is 130 Å². The highest BCUT2D eigenvalue weighted by atomic mass is 35.5. The average molecular weight is 540 g/mol. The molecule has 4 heterocycles. The van der Waals surface area contributed by atoms with E-state index in [1.807, 2.05) is 18.2 Å². The van der Waals surface area contributed by atoms with E-state index in [1.54, 1.807) is 38.9 Å². The number of benzene rings is 1. The maximum absolute atomic E-state index is 13.2. The highest BCUT2D eigenvalue weighted by Gasteiger charge is 2.22. The number of anilines is 5. The standard InChI is InChI=1S/C24H27ClN9O2P/c1-36-23-18(6-7-19(32-23)34-12-10-26-11-13-34)31-24-29-14-15(25)22(33-24)30-17-5-4-16-20(28-9-8-27-16)21(17)37(2,3)35/h4-9,14,26H,10-13H2,1-3H3,(H2,29,30,31,33). The van der Waals surface area contributed by atoms with Gasteiger partial charge in [0.2, 0.25) is 11.8 Å². The number of pyridine rings is 1. The Balaban J connectivity index is 1.45. The Morgan fingerprint density at radius 3 is 2.51 bits per heavy atom. The number of hydrogen-bond donors (Lipinski definition) is 3. The van der Waals surface area contributed by atoms with Crippen LogP contribution in [0.25, 0.3) is 11.0 Å². The van der Waals surface area contributed by atoms with Gasteiger partial charge in [-0.1, -0.05) is 11.6 Å². The van der Waals surface area contributed by atoms with Crippen LogP contribution < -0.4 is 30.9 Å². The molecule has 1 aliphatic heterocycles. The van der Waals surface area contributed by atoms with Crippen LogP contribution in [0.15, 0.2) is 42.9 Å². The predicted molar refractivity (Wildman–Crippen MR) is 148 cm³/mol. The molecule has 11 nitrogen and oxygen atoms in total. The molecule has 1 fully saturated rings. The lowest BCUT2D eigenvalue weighted by molar-refractivity contribution is 0.399. The molecular formula is C24H27ClN9O2P. The van der Waals surface area contributed by atoms with E-state index in [1.165, 1.54) is 6.20 Å². The number of halogens is 1. The molecule has 0 amide bonds. The molecule has 0 atom stereocenters. The van der Waals surface area contributed by atoms with Crippen LogP contribution in [-0.4, -0.2) is 71.5 Å². The fourth-order valence-electron chi connectivity index (χ4n) is 4.18. The van der Waals surface area contributed by atoms with E-state index < -0.39 is 7.14 Å². The number of hydrogen-bond acceptors (Lipinski definition) is 11. The molecule has 13 heteroatoms. The van der Waals surface area contributed by atoms with Gasteiger partial charge in [0, 0.05) is 38.6 Å². The fraction of sp³-hybridized carbons (Fsp3) is 0.292. The van der Waals surface area contributed by atoms with Gasteiger partial charge < -0.3 is 30.2 Å². The quantitative estimate of drug-likeness (QED) is 0.298. The smallest absolute Gasteiger partial charge is 0.239 e. The molecule has 0 radical (unpaired) electrons. The van der Waals surface area contributed by atoms with Crippen LogP contribution in [0.5, 0.6) is 5.88 Å².